The third-order valence-corrected chi connectivity index (χ3v) is 7.74. The Hall–Kier alpha value is -3.82. The van der Waals surface area contributed by atoms with Gasteiger partial charge in [-0.3, -0.25) is 14.7 Å². The van der Waals surface area contributed by atoms with Crippen molar-refractivity contribution in [3.05, 3.63) is 70.9 Å². The minimum Gasteiger partial charge on any atom is -0.480 e. The van der Waals surface area contributed by atoms with Gasteiger partial charge < -0.3 is 19.8 Å². The Kier molecular flexibility index (Phi) is 7.02. The molecule has 9 nitrogen and oxygen atoms in total. The molecule has 9 heteroatoms. The van der Waals surface area contributed by atoms with Crippen LogP contribution in [-0.4, -0.2) is 64.3 Å². The van der Waals surface area contributed by atoms with Crippen molar-refractivity contribution >= 4 is 22.3 Å². The molecule has 0 unspecified atom stereocenters. The van der Waals surface area contributed by atoms with E-state index in [2.05, 4.69) is 49.4 Å². The van der Waals surface area contributed by atoms with Crippen LogP contribution in [0.15, 0.2) is 59.8 Å². The molecular weight excluding hydrogens is 480 g/mol. The van der Waals surface area contributed by atoms with Crippen LogP contribution in [0.5, 0.6) is 5.88 Å². The molecule has 1 aliphatic heterocycles. The van der Waals surface area contributed by atoms with Crippen molar-refractivity contribution in [2.45, 2.75) is 37.6 Å². The molecule has 0 bridgehead atoms. The third kappa shape index (κ3) is 5.12. The number of rotatable bonds is 6. The number of fused-ring (bicyclic) bond motifs is 1. The fourth-order valence-electron chi connectivity index (χ4n) is 5.70. The first-order valence-corrected chi connectivity index (χ1v) is 13.3. The number of ether oxygens (including phenoxy) is 2. The van der Waals surface area contributed by atoms with Crippen LogP contribution < -0.4 is 15.6 Å². The zero-order valence-electron chi connectivity index (χ0n) is 21.5. The maximum absolute atomic E-state index is 12.7. The Morgan fingerprint density at radius 3 is 2.55 bits per heavy atom. The van der Waals surface area contributed by atoms with Crippen LogP contribution in [0.1, 0.15) is 37.2 Å². The van der Waals surface area contributed by atoms with Gasteiger partial charge in [-0.05, 0) is 66.8 Å². The van der Waals surface area contributed by atoms with Crippen molar-refractivity contribution < 1.29 is 9.47 Å². The molecule has 3 aromatic heterocycles. The normalized spacial score (nSPS) is 20.3. The van der Waals surface area contributed by atoms with Gasteiger partial charge in [0.05, 0.1) is 43.8 Å². The molecule has 2 fully saturated rings. The highest BCUT2D eigenvalue weighted by atomic mass is 16.5. The summed E-state index contributed by atoms with van der Waals surface area (Å²) < 4.78 is 10.7. The quantitative estimate of drug-likeness (QED) is 0.389. The third-order valence-electron chi connectivity index (χ3n) is 7.74. The first-order chi connectivity index (χ1) is 18.7. The highest BCUT2D eigenvalue weighted by Crippen LogP contribution is 2.36. The van der Waals surface area contributed by atoms with Crippen molar-refractivity contribution in [1.29, 1.82) is 0 Å². The minimum atomic E-state index is -0.200. The number of hydrogen-bond acceptors (Lipinski definition) is 8. The van der Waals surface area contributed by atoms with Gasteiger partial charge in [0.15, 0.2) is 0 Å². The predicted octanol–water partition coefficient (Wildman–Crippen LogP) is 4.49. The summed E-state index contributed by atoms with van der Waals surface area (Å²) in [6.07, 6.45) is 9.71. The molecule has 0 amide bonds. The van der Waals surface area contributed by atoms with Gasteiger partial charge in [0.1, 0.15) is 11.5 Å². The molecule has 38 heavy (non-hydrogen) atoms. The summed E-state index contributed by atoms with van der Waals surface area (Å²) in [5.74, 6) is 1.46. The largest absolute Gasteiger partial charge is 0.480 e. The standard InChI is InChI=1S/C29H32N6O3/c1-37-26-18-30-17-25(33-26)24-16-21-10-11-31-29(36)27(21)28(34-24)32-22-6-2-19(3-7-22)20-4-8-23(9-5-20)35-12-14-38-15-13-35/h2-3,6-7,10-11,16-18,20,23H,4-5,8-9,12-15H2,1H3,(H,31,36)(H,32,34)/t20-,23-. The number of pyridine rings is 2. The Labute approximate surface area is 221 Å². The van der Waals surface area contributed by atoms with E-state index in [-0.39, 0.29) is 5.56 Å². The molecule has 1 saturated heterocycles. The summed E-state index contributed by atoms with van der Waals surface area (Å²) in [5.41, 5.74) is 3.21. The van der Waals surface area contributed by atoms with Gasteiger partial charge in [-0.1, -0.05) is 12.1 Å². The van der Waals surface area contributed by atoms with Crippen molar-refractivity contribution in [3.8, 4) is 17.3 Å². The Bertz CT molecular complexity index is 1460. The molecule has 0 spiro atoms. The van der Waals surface area contributed by atoms with Gasteiger partial charge in [-0.2, -0.15) is 0 Å². The fourth-order valence-corrected chi connectivity index (χ4v) is 5.70. The molecule has 2 N–H and O–H groups in total. The van der Waals surface area contributed by atoms with E-state index in [1.165, 1.54) is 31.2 Å². The molecule has 2 aliphatic rings. The summed E-state index contributed by atoms with van der Waals surface area (Å²) in [6, 6.07) is 12.9. The first-order valence-electron chi connectivity index (χ1n) is 13.3. The lowest BCUT2D eigenvalue weighted by atomic mass is 9.81. The molecule has 6 rings (SSSR count). The molecular formula is C29H32N6O3. The van der Waals surface area contributed by atoms with E-state index in [4.69, 9.17) is 14.5 Å². The maximum atomic E-state index is 12.7. The van der Waals surface area contributed by atoms with Gasteiger partial charge >= 0.3 is 0 Å². The first kappa shape index (κ1) is 24.5. The van der Waals surface area contributed by atoms with Crippen LogP contribution in [0.25, 0.3) is 22.2 Å². The van der Waals surface area contributed by atoms with E-state index in [0.29, 0.717) is 40.4 Å². The minimum absolute atomic E-state index is 0.200. The highest BCUT2D eigenvalue weighted by molar-refractivity contribution is 5.94. The van der Waals surface area contributed by atoms with Crippen LogP contribution in [0.3, 0.4) is 0 Å². The van der Waals surface area contributed by atoms with Crippen LogP contribution in [0.2, 0.25) is 0 Å². The fraction of sp³-hybridized carbons (Fsp3) is 0.379. The lowest BCUT2D eigenvalue weighted by molar-refractivity contribution is 0.00730. The Morgan fingerprint density at radius 1 is 1.00 bits per heavy atom. The summed E-state index contributed by atoms with van der Waals surface area (Å²) in [5, 5.41) is 4.64. The van der Waals surface area contributed by atoms with E-state index in [1.54, 1.807) is 25.7 Å². The maximum Gasteiger partial charge on any atom is 0.259 e. The zero-order chi connectivity index (χ0) is 25.9. The monoisotopic (exact) mass is 512 g/mol. The van der Waals surface area contributed by atoms with E-state index in [0.717, 1.165) is 37.4 Å². The number of methoxy groups -OCH3 is 1. The van der Waals surface area contributed by atoms with Crippen molar-refractivity contribution in [1.82, 2.24) is 24.8 Å². The van der Waals surface area contributed by atoms with Gasteiger partial charge in [-0.25, -0.2) is 9.97 Å². The van der Waals surface area contributed by atoms with Crippen molar-refractivity contribution in [2.24, 2.45) is 0 Å². The number of anilines is 2. The number of nitrogens with one attached hydrogen (secondary N) is 2. The zero-order valence-corrected chi connectivity index (χ0v) is 21.5. The van der Waals surface area contributed by atoms with Gasteiger partial charge in [0, 0.05) is 31.0 Å². The Balaban J connectivity index is 1.22. The molecule has 4 aromatic rings. The second-order valence-corrected chi connectivity index (χ2v) is 9.97. The van der Waals surface area contributed by atoms with E-state index in [1.807, 2.05) is 12.1 Å². The summed E-state index contributed by atoms with van der Waals surface area (Å²) in [7, 11) is 1.55. The van der Waals surface area contributed by atoms with Gasteiger partial charge in [-0.15, -0.1) is 0 Å². The SMILES string of the molecule is COc1cncc(-c2cc3cc[nH]c(=O)c3c(Nc3ccc([C@H]4CC[C@H](N5CCOCC5)CC4)cc3)n2)n1. The summed E-state index contributed by atoms with van der Waals surface area (Å²) >= 11 is 0. The van der Waals surface area contributed by atoms with Crippen LogP contribution >= 0.6 is 0 Å². The molecule has 196 valence electrons. The lowest BCUT2D eigenvalue weighted by Crippen LogP contribution is -2.44. The topological polar surface area (TPSA) is 105 Å². The summed E-state index contributed by atoms with van der Waals surface area (Å²) in [6.45, 7) is 3.85. The smallest absolute Gasteiger partial charge is 0.259 e. The van der Waals surface area contributed by atoms with Crippen LogP contribution in [0, 0.1) is 0 Å². The number of aromatic amines is 1. The average molecular weight is 513 g/mol. The van der Waals surface area contributed by atoms with Crippen molar-refractivity contribution in [3.63, 3.8) is 0 Å². The van der Waals surface area contributed by atoms with E-state index < -0.39 is 0 Å². The number of aromatic nitrogens is 4. The van der Waals surface area contributed by atoms with Crippen molar-refractivity contribution in [2.75, 3.05) is 38.7 Å². The molecule has 1 aromatic carbocycles. The molecule has 0 radical (unpaired) electrons. The van der Waals surface area contributed by atoms with Crippen LogP contribution in [-0.2, 0) is 4.74 Å². The summed E-state index contributed by atoms with van der Waals surface area (Å²) in [4.78, 5) is 31.6. The van der Waals surface area contributed by atoms with Crippen LogP contribution in [0.4, 0.5) is 11.5 Å². The highest BCUT2D eigenvalue weighted by Gasteiger charge is 2.27. The Morgan fingerprint density at radius 2 is 1.79 bits per heavy atom. The number of benzene rings is 1. The average Bonchev–Trinajstić information content (AvgIpc) is 2.98. The number of H-pyrrole nitrogens is 1. The van der Waals surface area contributed by atoms with Gasteiger partial charge in [0.25, 0.3) is 5.56 Å². The number of hydrogen-bond donors (Lipinski definition) is 2. The molecule has 1 saturated carbocycles. The number of morpholine rings is 1. The molecule has 4 heterocycles. The second kappa shape index (κ2) is 10.9. The second-order valence-electron chi connectivity index (χ2n) is 9.97. The lowest BCUT2D eigenvalue weighted by Gasteiger charge is -2.38. The van der Waals surface area contributed by atoms with Gasteiger partial charge in [0.2, 0.25) is 5.88 Å². The van der Waals surface area contributed by atoms with E-state index >= 15 is 0 Å². The predicted molar refractivity (Wildman–Crippen MR) is 147 cm³/mol. The molecule has 0 atom stereocenters. The number of nitrogens with zero attached hydrogens (tertiary/aromatic N) is 4. The molecule has 1 aliphatic carbocycles. The van der Waals surface area contributed by atoms with E-state index in [9.17, 15) is 4.79 Å².